The molecule has 0 radical (unpaired) electrons. The monoisotopic (exact) mass is 257 g/mol. The average molecular weight is 257 g/mol. The third-order valence-corrected chi connectivity index (χ3v) is 3.42. The van der Waals surface area contributed by atoms with Gasteiger partial charge in [-0.2, -0.15) is 0 Å². The summed E-state index contributed by atoms with van der Waals surface area (Å²) in [6.07, 6.45) is 4.13. The quantitative estimate of drug-likeness (QED) is 0.783. The Labute approximate surface area is 108 Å². The summed E-state index contributed by atoms with van der Waals surface area (Å²) in [4.78, 5) is 9.71. The molecule has 0 bridgehead atoms. The van der Waals surface area contributed by atoms with Gasteiger partial charge in [-0.25, -0.2) is 4.98 Å². The number of rotatable bonds is 3. The number of nitrogens with zero attached hydrogens (tertiary/aromatic N) is 2. The van der Waals surface area contributed by atoms with Gasteiger partial charge in [0.2, 0.25) is 0 Å². The number of aromatic nitrogens is 2. The van der Waals surface area contributed by atoms with Crippen LogP contribution in [0.4, 0.5) is 5.13 Å². The van der Waals surface area contributed by atoms with Crippen molar-refractivity contribution in [3.8, 4) is 11.5 Å². The van der Waals surface area contributed by atoms with Crippen LogP contribution >= 0.6 is 11.3 Å². The zero-order valence-corrected chi connectivity index (χ0v) is 10.4. The summed E-state index contributed by atoms with van der Waals surface area (Å²) in [5.74, 6) is 0.744. The Morgan fingerprint density at radius 3 is 2.89 bits per heavy atom. The molecule has 3 heterocycles. The molecule has 0 fully saturated rings. The molecule has 18 heavy (non-hydrogen) atoms. The van der Waals surface area contributed by atoms with E-state index in [1.54, 1.807) is 12.5 Å². The average Bonchev–Trinajstić information content (AvgIpc) is 3.00. The first-order valence-corrected chi connectivity index (χ1v) is 6.33. The van der Waals surface area contributed by atoms with Crippen molar-refractivity contribution in [1.29, 1.82) is 0 Å². The van der Waals surface area contributed by atoms with Crippen LogP contribution in [0.5, 0.6) is 0 Å². The highest BCUT2D eigenvalue weighted by Gasteiger charge is 2.14. The Morgan fingerprint density at radius 2 is 2.17 bits per heavy atom. The molecule has 0 amide bonds. The second kappa shape index (κ2) is 4.62. The summed E-state index contributed by atoms with van der Waals surface area (Å²) in [7, 11) is 0. The number of furan rings is 1. The van der Waals surface area contributed by atoms with Gasteiger partial charge < -0.3 is 10.2 Å². The van der Waals surface area contributed by atoms with Crippen molar-refractivity contribution in [3.05, 3.63) is 53.4 Å². The van der Waals surface area contributed by atoms with E-state index in [1.807, 2.05) is 30.3 Å². The van der Waals surface area contributed by atoms with Crippen molar-refractivity contribution in [1.82, 2.24) is 9.97 Å². The van der Waals surface area contributed by atoms with E-state index in [4.69, 9.17) is 10.2 Å². The second-order valence-corrected chi connectivity index (χ2v) is 4.91. The van der Waals surface area contributed by atoms with E-state index < -0.39 is 0 Å². The first-order valence-electron chi connectivity index (χ1n) is 5.52. The van der Waals surface area contributed by atoms with Gasteiger partial charge in [-0.15, -0.1) is 11.3 Å². The van der Waals surface area contributed by atoms with E-state index in [0.717, 1.165) is 22.0 Å². The fourth-order valence-corrected chi connectivity index (χ4v) is 2.62. The van der Waals surface area contributed by atoms with Crippen molar-refractivity contribution in [2.24, 2.45) is 0 Å². The Kier molecular flexibility index (Phi) is 2.82. The molecule has 0 saturated carbocycles. The first kappa shape index (κ1) is 11.0. The standard InChI is InChI=1S/C13H11N3OS/c14-13-16-12(10-5-3-7-17-10)11(18-13)8-9-4-1-2-6-15-9/h1-7H,8H2,(H2,14,16). The highest BCUT2D eigenvalue weighted by atomic mass is 32.1. The lowest BCUT2D eigenvalue weighted by Crippen LogP contribution is -1.90. The third kappa shape index (κ3) is 2.12. The van der Waals surface area contributed by atoms with Crippen molar-refractivity contribution in [3.63, 3.8) is 0 Å². The molecule has 4 nitrogen and oxygen atoms in total. The highest BCUT2D eigenvalue weighted by Crippen LogP contribution is 2.31. The molecule has 0 aromatic carbocycles. The maximum absolute atomic E-state index is 5.78. The molecule has 0 saturated heterocycles. The summed E-state index contributed by atoms with van der Waals surface area (Å²) in [5, 5.41) is 0.548. The maximum atomic E-state index is 5.78. The van der Waals surface area contributed by atoms with E-state index in [-0.39, 0.29) is 0 Å². The van der Waals surface area contributed by atoms with E-state index in [1.165, 1.54) is 11.3 Å². The molecule has 2 N–H and O–H groups in total. The van der Waals surface area contributed by atoms with E-state index in [9.17, 15) is 0 Å². The molecule has 0 aliphatic heterocycles. The van der Waals surface area contributed by atoms with E-state index >= 15 is 0 Å². The molecule has 3 rings (SSSR count). The molecule has 0 aliphatic rings. The molecular weight excluding hydrogens is 246 g/mol. The number of anilines is 1. The van der Waals surface area contributed by atoms with Gasteiger partial charge >= 0.3 is 0 Å². The van der Waals surface area contributed by atoms with Crippen LogP contribution in [0, 0.1) is 0 Å². The van der Waals surface area contributed by atoms with Crippen LogP contribution in [-0.2, 0) is 6.42 Å². The van der Waals surface area contributed by atoms with Crippen LogP contribution in [0.3, 0.4) is 0 Å². The predicted octanol–water partition coefficient (Wildman–Crippen LogP) is 2.97. The number of hydrogen-bond donors (Lipinski definition) is 1. The molecule has 5 heteroatoms. The van der Waals surface area contributed by atoms with Crippen molar-refractivity contribution >= 4 is 16.5 Å². The molecular formula is C13H11N3OS. The summed E-state index contributed by atoms with van der Waals surface area (Å²) in [6, 6.07) is 9.59. The van der Waals surface area contributed by atoms with Gasteiger partial charge in [-0.3, -0.25) is 4.98 Å². The summed E-state index contributed by atoms with van der Waals surface area (Å²) in [6.45, 7) is 0. The fraction of sp³-hybridized carbons (Fsp3) is 0.0769. The zero-order chi connectivity index (χ0) is 12.4. The van der Waals surface area contributed by atoms with Crippen LogP contribution in [0.15, 0.2) is 47.2 Å². The van der Waals surface area contributed by atoms with Crippen LogP contribution in [-0.4, -0.2) is 9.97 Å². The maximum Gasteiger partial charge on any atom is 0.180 e. The SMILES string of the molecule is Nc1nc(-c2ccco2)c(Cc2ccccn2)s1. The third-order valence-electron chi connectivity index (χ3n) is 2.54. The molecule has 0 spiro atoms. The lowest BCUT2D eigenvalue weighted by Gasteiger charge is -1.99. The zero-order valence-electron chi connectivity index (χ0n) is 9.54. The minimum absolute atomic E-state index is 0.548. The van der Waals surface area contributed by atoms with Gasteiger partial charge in [-0.05, 0) is 24.3 Å². The number of pyridine rings is 1. The van der Waals surface area contributed by atoms with Crippen LogP contribution in [0.1, 0.15) is 10.6 Å². The molecule has 3 aromatic rings. The van der Waals surface area contributed by atoms with Crippen LogP contribution in [0.2, 0.25) is 0 Å². The number of hydrogen-bond acceptors (Lipinski definition) is 5. The molecule has 0 unspecified atom stereocenters. The minimum atomic E-state index is 0.548. The summed E-state index contributed by atoms with van der Waals surface area (Å²) >= 11 is 1.47. The Morgan fingerprint density at radius 1 is 1.22 bits per heavy atom. The van der Waals surface area contributed by atoms with Crippen LogP contribution in [0.25, 0.3) is 11.5 Å². The number of thiazole rings is 1. The molecule has 0 aliphatic carbocycles. The predicted molar refractivity (Wildman–Crippen MR) is 71.3 cm³/mol. The second-order valence-electron chi connectivity index (χ2n) is 3.80. The largest absolute Gasteiger partial charge is 0.463 e. The first-order chi connectivity index (χ1) is 8.83. The smallest absolute Gasteiger partial charge is 0.180 e. The number of nitrogen functional groups attached to an aromatic ring is 1. The van der Waals surface area contributed by atoms with E-state index in [0.29, 0.717) is 11.6 Å². The molecule has 3 aromatic heterocycles. The van der Waals surface area contributed by atoms with Gasteiger partial charge in [0.15, 0.2) is 10.9 Å². The molecule has 0 atom stereocenters. The minimum Gasteiger partial charge on any atom is -0.463 e. The van der Waals surface area contributed by atoms with Gasteiger partial charge in [0.05, 0.1) is 6.26 Å². The van der Waals surface area contributed by atoms with Gasteiger partial charge in [-0.1, -0.05) is 6.07 Å². The normalized spacial score (nSPS) is 10.7. The van der Waals surface area contributed by atoms with Gasteiger partial charge in [0.25, 0.3) is 0 Å². The lowest BCUT2D eigenvalue weighted by molar-refractivity contribution is 0.580. The topological polar surface area (TPSA) is 64.9 Å². The molecule has 90 valence electrons. The Bertz CT molecular complexity index is 632. The summed E-state index contributed by atoms with van der Waals surface area (Å²) in [5.41, 5.74) is 7.59. The van der Waals surface area contributed by atoms with E-state index in [2.05, 4.69) is 9.97 Å². The van der Waals surface area contributed by atoms with Gasteiger partial charge in [0, 0.05) is 23.2 Å². The Balaban J connectivity index is 1.98. The number of nitrogens with two attached hydrogens (primary N) is 1. The highest BCUT2D eigenvalue weighted by molar-refractivity contribution is 7.15. The fourth-order valence-electron chi connectivity index (χ4n) is 1.76. The van der Waals surface area contributed by atoms with Crippen molar-refractivity contribution in [2.75, 3.05) is 5.73 Å². The lowest BCUT2D eigenvalue weighted by atomic mass is 10.2. The summed E-state index contributed by atoms with van der Waals surface area (Å²) < 4.78 is 5.38. The Hall–Kier alpha value is -2.14. The van der Waals surface area contributed by atoms with Crippen molar-refractivity contribution < 1.29 is 4.42 Å². The van der Waals surface area contributed by atoms with Gasteiger partial charge in [0.1, 0.15) is 5.69 Å². The van der Waals surface area contributed by atoms with Crippen molar-refractivity contribution in [2.45, 2.75) is 6.42 Å². The van der Waals surface area contributed by atoms with Crippen LogP contribution < -0.4 is 5.73 Å².